The second-order valence-electron chi connectivity index (χ2n) is 3.45. The van der Waals surface area contributed by atoms with Crippen LogP contribution in [-0.4, -0.2) is 10.1 Å². The van der Waals surface area contributed by atoms with Gasteiger partial charge in [-0.25, -0.2) is 4.39 Å². The molecule has 1 heterocycles. The van der Waals surface area contributed by atoms with E-state index in [1.54, 1.807) is 24.3 Å². The van der Waals surface area contributed by atoms with Crippen LogP contribution in [0.3, 0.4) is 0 Å². The minimum atomic E-state index is -1.11. The largest absolute Gasteiger partial charge is 0.382 e. The van der Waals surface area contributed by atoms with E-state index in [0.29, 0.717) is 15.2 Å². The normalized spacial score (nSPS) is 12.5. The fourth-order valence-electron chi connectivity index (χ4n) is 1.44. The number of aliphatic hydroxyl groups is 1. The van der Waals surface area contributed by atoms with Gasteiger partial charge in [0.05, 0.1) is 15.2 Å². The van der Waals surface area contributed by atoms with Crippen molar-refractivity contribution < 1.29 is 9.50 Å². The molecule has 1 aromatic carbocycles. The van der Waals surface area contributed by atoms with Crippen LogP contribution in [0, 0.1) is 5.82 Å². The highest BCUT2D eigenvalue weighted by Crippen LogP contribution is 2.27. The zero-order valence-corrected chi connectivity index (χ0v) is 10.9. The molecule has 0 radical (unpaired) electrons. The molecular weight excluding hydrogens is 308 g/mol. The lowest BCUT2D eigenvalue weighted by Crippen LogP contribution is -2.04. The minimum Gasteiger partial charge on any atom is -0.382 e. The van der Waals surface area contributed by atoms with Crippen molar-refractivity contribution in [3.63, 3.8) is 0 Å². The topological polar surface area (TPSA) is 33.1 Å². The van der Waals surface area contributed by atoms with Gasteiger partial charge in [-0.2, -0.15) is 0 Å². The van der Waals surface area contributed by atoms with Crippen molar-refractivity contribution in [3.8, 4) is 0 Å². The minimum absolute atomic E-state index is 0.175. The summed E-state index contributed by atoms with van der Waals surface area (Å²) in [5.74, 6) is -0.489. The molecule has 0 saturated heterocycles. The van der Waals surface area contributed by atoms with E-state index in [2.05, 4.69) is 20.9 Å². The van der Waals surface area contributed by atoms with E-state index in [-0.39, 0.29) is 5.56 Å². The Morgan fingerprint density at radius 3 is 2.71 bits per heavy atom. The maximum absolute atomic E-state index is 13.8. The third-order valence-corrected chi connectivity index (χ3v) is 3.14. The summed E-state index contributed by atoms with van der Waals surface area (Å²) >= 11 is 8.76. The molecule has 2 rings (SSSR count). The molecule has 0 aliphatic carbocycles. The lowest BCUT2D eigenvalue weighted by molar-refractivity contribution is 0.210. The quantitative estimate of drug-likeness (QED) is 0.916. The monoisotopic (exact) mass is 315 g/mol. The Morgan fingerprint density at radius 2 is 2.06 bits per heavy atom. The molecule has 0 fully saturated rings. The average Bonchev–Trinajstić information content (AvgIpc) is 2.33. The van der Waals surface area contributed by atoms with Gasteiger partial charge in [-0.05, 0) is 34.1 Å². The summed E-state index contributed by atoms with van der Waals surface area (Å²) in [5, 5.41) is 10.5. The van der Waals surface area contributed by atoms with Crippen LogP contribution < -0.4 is 0 Å². The van der Waals surface area contributed by atoms with Crippen molar-refractivity contribution in [2.45, 2.75) is 6.10 Å². The third-order valence-electron chi connectivity index (χ3n) is 2.31. The van der Waals surface area contributed by atoms with Crippen molar-refractivity contribution in [3.05, 3.63) is 63.1 Å². The molecule has 0 aliphatic rings. The Bertz CT molecular complexity index is 533. The second kappa shape index (κ2) is 5.12. The van der Waals surface area contributed by atoms with E-state index >= 15 is 0 Å². The first kappa shape index (κ1) is 12.5. The zero-order valence-electron chi connectivity index (χ0n) is 8.57. The van der Waals surface area contributed by atoms with Crippen molar-refractivity contribution in [2.24, 2.45) is 0 Å². The highest BCUT2D eigenvalue weighted by atomic mass is 79.9. The van der Waals surface area contributed by atoms with Crippen LogP contribution in [-0.2, 0) is 0 Å². The molecule has 88 valence electrons. The van der Waals surface area contributed by atoms with Gasteiger partial charge in [0.2, 0.25) is 0 Å². The molecule has 0 bridgehead atoms. The molecule has 0 spiro atoms. The van der Waals surface area contributed by atoms with Crippen LogP contribution >= 0.6 is 27.5 Å². The molecule has 5 heteroatoms. The summed E-state index contributed by atoms with van der Waals surface area (Å²) in [6.45, 7) is 0. The van der Waals surface area contributed by atoms with Gasteiger partial charge in [0.25, 0.3) is 0 Å². The summed E-state index contributed by atoms with van der Waals surface area (Å²) in [5.41, 5.74) is 0.528. The first-order valence-corrected chi connectivity index (χ1v) is 6.00. The first-order chi connectivity index (χ1) is 8.09. The maximum atomic E-state index is 13.8. The summed E-state index contributed by atoms with van der Waals surface area (Å²) < 4.78 is 14.1. The van der Waals surface area contributed by atoms with Gasteiger partial charge in [0.15, 0.2) is 0 Å². The summed E-state index contributed by atoms with van der Waals surface area (Å²) in [6, 6.07) is 7.90. The number of aromatic nitrogens is 1. The van der Waals surface area contributed by atoms with Crippen molar-refractivity contribution in [2.75, 3.05) is 0 Å². The number of pyridine rings is 1. The number of benzene rings is 1. The van der Waals surface area contributed by atoms with E-state index in [9.17, 15) is 9.50 Å². The van der Waals surface area contributed by atoms with E-state index in [4.69, 9.17) is 11.6 Å². The highest BCUT2D eigenvalue weighted by Gasteiger charge is 2.17. The van der Waals surface area contributed by atoms with Gasteiger partial charge in [-0.15, -0.1) is 0 Å². The maximum Gasteiger partial charge on any atom is 0.143 e. The van der Waals surface area contributed by atoms with Crippen molar-refractivity contribution in [1.82, 2.24) is 4.98 Å². The number of halogens is 3. The van der Waals surface area contributed by atoms with Gasteiger partial charge in [0.1, 0.15) is 11.9 Å². The third kappa shape index (κ3) is 2.65. The fraction of sp³-hybridized carbons (Fsp3) is 0.0833. The number of hydrogen-bond donors (Lipinski definition) is 1. The molecule has 0 saturated carbocycles. The van der Waals surface area contributed by atoms with Crippen LogP contribution in [0.25, 0.3) is 0 Å². The van der Waals surface area contributed by atoms with E-state index in [1.807, 2.05) is 0 Å². The van der Waals surface area contributed by atoms with Gasteiger partial charge >= 0.3 is 0 Å². The van der Waals surface area contributed by atoms with E-state index < -0.39 is 11.9 Å². The smallest absolute Gasteiger partial charge is 0.143 e. The van der Waals surface area contributed by atoms with Crippen LogP contribution in [0.4, 0.5) is 4.39 Å². The van der Waals surface area contributed by atoms with Crippen molar-refractivity contribution >= 4 is 27.5 Å². The Morgan fingerprint density at radius 1 is 1.29 bits per heavy atom. The second-order valence-corrected chi connectivity index (χ2v) is 4.74. The average molecular weight is 317 g/mol. The molecule has 1 atom stereocenters. The number of hydrogen-bond acceptors (Lipinski definition) is 2. The predicted octanol–water partition coefficient (Wildman–Crippen LogP) is 3.72. The summed E-state index contributed by atoms with van der Waals surface area (Å²) in [4.78, 5) is 3.96. The SMILES string of the molecule is OC(c1ccc(Cl)cn1)c1cccc(Br)c1F. The van der Waals surface area contributed by atoms with Gasteiger partial charge in [-0.1, -0.05) is 23.7 Å². The number of nitrogens with zero attached hydrogens (tertiary/aromatic N) is 1. The Kier molecular flexibility index (Phi) is 3.76. The van der Waals surface area contributed by atoms with Crippen LogP contribution in [0.1, 0.15) is 17.4 Å². The summed E-state index contributed by atoms with van der Waals surface area (Å²) in [6.07, 6.45) is 0.306. The van der Waals surface area contributed by atoms with E-state index in [0.717, 1.165) is 0 Å². The molecule has 2 nitrogen and oxygen atoms in total. The zero-order chi connectivity index (χ0) is 12.4. The molecular formula is C12H8BrClFNO. The first-order valence-electron chi connectivity index (χ1n) is 4.83. The molecule has 17 heavy (non-hydrogen) atoms. The van der Waals surface area contributed by atoms with E-state index in [1.165, 1.54) is 12.3 Å². The molecule has 1 aromatic heterocycles. The molecule has 1 N–H and O–H groups in total. The Labute approximate surface area is 111 Å². The summed E-state index contributed by atoms with van der Waals surface area (Å²) in [7, 11) is 0. The molecule has 0 aliphatic heterocycles. The Balaban J connectivity index is 2.40. The Hall–Kier alpha value is -0.970. The molecule has 0 amide bonds. The van der Waals surface area contributed by atoms with Gasteiger partial charge < -0.3 is 5.11 Å². The molecule has 2 aromatic rings. The van der Waals surface area contributed by atoms with Gasteiger partial charge in [-0.3, -0.25) is 4.98 Å². The van der Waals surface area contributed by atoms with Crippen LogP contribution in [0.2, 0.25) is 5.02 Å². The molecule has 1 unspecified atom stereocenters. The lowest BCUT2D eigenvalue weighted by Gasteiger charge is -2.12. The van der Waals surface area contributed by atoms with Crippen molar-refractivity contribution in [1.29, 1.82) is 0 Å². The predicted molar refractivity (Wildman–Crippen MR) is 67.4 cm³/mol. The lowest BCUT2D eigenvalue weighted by atomic mass is 10.1. The number of aliphatic hydroxyl groups excluding tert-OH is 1. The number of rotatable bonds is 2. The van der Waals surface area contributed by atoms with Crippen LogP contribution in [0.5, 0.6) is 0 Å². The fourth-order valence-corrected chi connectivity index (χ4v) is 1.93. The standard InChI is InChI=1S/C12H8BrClFNO/c13-9-3-1-2-8(11(9)15)12(17)10-5-4-7(14)6-16-10/h1-6,12,17H. The highest BCUT2D eigenvalue weighted by molar-refractivity contribution is 9.10. The van der Waals surface area contributed by atoms with Crippen LogP contribution in [0.15, 0.2) is 41.0 Å². The van der Waals surface area contributed by atoms with Gasteiger partial charge in [0, 0.05) is 11.8 Å².